The molecule has 0 unspecified atom stereocenters. The fraction of sp³-hybridized carbons (Fsp3) is 0.273. The lowest BCUT2D eigenvalue weighted by molar-refractivity contribution is -0.156. The molecule has 0 spiro atoms. The van der Waals surface area contributed by atoms with Crippen LogP contribution in [0.3, 0.4) is 0 Å². The van der Waals surface area contributed by atoms with Gasteiger partial charge in [0.05, 0.1) is 37.3 Å². The number of imide groups is 1. The topological polar surface area (TPSA) is 111 Å². The van der Waals surface area contributed by atoms with Crippen molar-refractivity contribution in [2.45, 2.75) is 26.3 Å². The SMILES string of the molecule is CCOc1cc([C@H](CC(=O)NOC(C)=O)N2C(=O)c3ccccc3C2=O)ccc1OC. The lowest BCUT2D eigenvalue weighted by atomic mass is 10.0. The van der Waals surface area contributed by atoms with Crippen LogP contribution in [-0.2, 0) is 14.4 Å². The van der Waals surface area contributed by atoms with Crippen molar-refractivity contribution in [3.05, 3.63) is 59.2 Å². The van der Waals surface area contributed by atoms with Gasteiger partial charge in [-0.15, -0.1) is 0 Å². The van der Waals surface area contributed by atoms with Crippen LogP contribution in [0.15, 0.2) is 42.5 Å². The Hall–Kier alpha value is -3.88. The van der Waals surface area contributed by atoms with Gasteiger partial charge in [0.25, 0.3) is 17.7 Å². The van der Waals surface area contributed by atoms with Gasteiger partial charge >= 0.3 is 5.97 Å². The minimum atomic E-state index is -0.965. The molecule has 2 aromatic carbocycles. The van der Waals surface area contributed by atoms with Crippen LogP contribution in [0.5, 0.6) is 11.5 Å². The summed E-state index contributed by atoms with van der Waals surface area (Å²) >= 11 is 0. The predicted molar refractivity (Wildman–Crippen MR) is 108 cm³/mol. The van der Waals surface area contributed by atoms with E-state index in [1.807, 2.05) is 5.48 Å². The first-order valence-electron chi connectivity index (χ1n) is 9.61. The molecule has 1 aliphatic rings. The molecule has 0 aliphatic carbocycles. The summed E-state index contributed by atoms with van der Waals surface area (Å²) < 4.78 is 10.9. The number of nitrogens with zero attached hydrogens (tertiary/aromatic N) is 1. The van der Waals surface area contributed by atoms with Crippen molar-refractivity contribution in [3.8, 4) is 11.5 Å². The third kappa shape index (κ3) is 4.50. The van der Waals surface area contributed by atoms with Gasteiger partial charge in [0.15, 0.2) is 11.5 Å². The molecule has 1 aliphatic heterocycles. The minimum absolute atomic E-state index is 0.261. The van der Waals surface area contributed by atoms with Crippen molar-refractivity contribution >= 4 is 23.7 Å². The first-order chi connectivity index (χ1) is 14.9. The summed E-state index contributed by atoms with van der Waals surface area (Å²) in [6.07, 6.45) is -0.323. The molecule has 162 valence electrons. The molecule has 31 heavy (non-hydrogen) atoms. The number of carbonyl (C=O) groups is 4. The number of nitrogens with one attached hydrogen (secondary N) is 1. The molecule has 9 nitrogen and oxygen atoms in total. The standard InChI is InChI=1S/C22H22N2O7/c1-4-30-19-11-14(9-10-18(19)29-3)17(12-20(26)23-31-13(2)25)24-21(27)15-7-5-6-8-16(15)22(24)28/h5-11,17H,4,12H2,1-3H3,(H,23,26)/t17-/m0/s1. The highest BCUT2D eigenvalue weighted by molar-refractivity contribution is 6.21. The third-order valence-corrected chi connectivity index (χ3v) is 4.70. The maximum atomic E-state index is 13.0. The smallest absolute Gasteiger partial charge is 0.329 e. The number of hydrogen-bond acceptors (Lipinski definition) is 7. The quantitative estimate of drug-likeness (QED) is 0.535. The van der Waals surface area contributed by atoms with Crippen LogP contribution in [-0.4, -0.2) is 42.3 Å². The Kier molecular flexibility index (Phi) is 6.54. The van der Waals surface area contributed by atoms with Gasteiger partial charge in [0.2, 0.25) is 0 Å². The second-order valence-electron chi connectivity index (χ2n) is 6.71. The Bertz CT molecular complexity index is 999. The predicted octanol–water partition coefficient (Wildman–Crippen LogP) is 2.42. The lowest BCUT2D eigenvalue weighted by Gasteiger charge is -2.27. The van der Waals surface area contributed by atoms with E-state index in [1.165, 1.54) is 7.11 Å². The van der Waals surface area contributed by atoms with E-state index < -0.39 is 29.7 Å². The van der Waals surface area contributed by atoms with E-state index >= 15 is 0 Å². The summed E-state index contributed by atoms with van der Waals surface area (Å²) in [5.41, 5.74) is 3.03. The average molecular weight is 426 g/mol. The Morgan fingerprint density at radius 1 is 1.03 bits per heavy atom. The summed E-state index contributed by atoms with van der Waals surface area (Å²) in [7, 11) is 1.49. The molecule has 0 bridgehead atoms. The monoisotopic (exact) mass is 426 g/mol. The maximum Gasteiger partial charge on any atom is 0.329 e. The summed E-state index contributed by atoms with van der Waals surface area (Å²) in [4.78, 5) is 55.1. The molecule has 2 aromatic rings. The van der Waals surface area contributed by atoms with Crippen LogP contribution in [0.2, 0.25) is 0 Å². The summed E-state index contributed by atoms with van der Waals surface area (Å²) in [6, 6.07) is 10.4. The average Bonchev–Trinajstić information content (AvgIpc) is 3.01. The van der Waals surface area contributed by atoms with Gasteiger partial charge in [0, 0.05) is 6.92 Å². The van der Waals surface area contributed by atoms with E-state index in [9.17, 15) is 19.2 Å². The molecule has 0 aromatic heterocycles. The zero-order valence-corrected chi connectivity index (χ0v) is 17.3. The highest BCUT2D eigenvalue weighted by Gasteiger charge is 2.41. The number of benzene rings is 2. The second-order valence-corrected chi connectivity index (χ2v) is 6.71. The molecule has 9 heteroatoms. The maximum absolute atomic E-state index is 13.0. The molecule has 1 heterocycles. The normalized spacial score (nSPS) is 13.5. The minimum Gasteiger partial charge on any atom is -0.493 e. The summed E-state index contributed by atoms with van der Waals surface area (Å²) in [6.45, 7) is 3.31. The van der Waals surface area contributed by atoms with Crippen LogP contribution < -0.4 is 15.0 Å². The van der Waals surface area contributed by atoms with Gasteiger partial charge < -0.3 is 14.3 Å². The molecule has 0 fully saturated rings. The Morgan fingerprint density at radius 2 is 1.68 bits per heavy atom. The molecule has 0 radical (unpaired) electrons. The molecule has 3 amide bonds. The van der Waals surface area contributed by atoms with E-state index in [4.69, 9.17) is 9.47 Å². The molecule has 1 N–H and O–H groups in total. The number of amides is 3. The van der Waals surface area contributed by atoms with E-state index in [-0.39, 0.29) is 17.5 Å². The van der Waals surface area contributed by atoms with E-state index in [2.05, 4.69) is 4.84 Å². The number of fused-ring (bicyclic) bond motifs is 1. The molecular weight excluding hydrogens is 404 g/mol. The first kappa shape index (κ1) is 21.8. The van der Waals surface area contributed by atoms with Gasteiger partial charge in [-0.1, -0.05) is 18.2 Å². The summed E-state index contributed by atoms with van der Waals surface area (Å²) in [5.74, 6) is -1.53. The molecular formula is C22H22N2O7. The van der Waals surface area contributed by atoms with Crippen molar-refractivity contribution in [1.29, 1.82) is 0 Å². The van der Waals surface area contributed by atoms with E-state index in [0.29, 0.717) is 23.7 Å². The first-order valence-corrected chi connectivity index (χ1v) is 9.61. The van der Waals surface area contributed by atoms with Gasteiger partial charge in [-0.25, -0.2) is 0 Å². The van der Waals surface area contributed by atoms with Crippen LogP contribution in [0.25, 0.3) is 0 Å². The molecule has 0 saturated carbocycles. The van der Waals surface area contributed by atoms with Crippen LogP contribution in [0.4, 0.5) is 0 Å². The van der Waals surface area contributed by atoms with Gasteiger partial charge in [-0.3, -0.25) is 24.1 Å². The largest absolute Gasteiger partial charge is 0.493 e. The van der Waals surface area contributed by atoms with E-state index in [1.54, 1.807) is 49.4 Å². The second kappa shape index (κ2) is 9.29. The van der Waals surface area contributed by atoms with Crippen molar-refractivity contribution in [2.24, 2.45) is 0 Å². The van der Waals surface area contributed by atoms with Crippen molar-refractivity contribution in [3.63, 3.8) is 0 Å². The van der Waals surface area contributed by atoms with Crippen molar-refractivity contribution in [2.75, 3.05) is 13.7 Å². The van der Waals surface area contributed by atoms with Crippen LogP contribution >= 0.6 is 0 Å². The Labute approximate surface area is 178 Å². The molecule has 1 atom stereocenters. The van der Waals surface area contributed by atoms with Gasteiger partial charge in [-0.2, -0.15) is 5.48 Å². The van der Waals surface area contributed by atoms with E-state index in [0.717, 1.165) is 11.8 Å². The van der Waals surface area contributed by atoms with Crippen LogP contribution in [0.1, 0.15) is 52.6 Å². The Morgan fingerprint density at radius 3 is 2.23 bits per heavy atom. The number of hydroxylamine groups is 1. The number of methoxy groups -OCH3 is 1. The highest BCUT2D eigenvalue weighted by atomic mass is 16.7. The summed E-state index contributed by atoms with van der Waals surface area (Å²) in [5, 5.41) is 0. The van der Waals surface area contributed by atoms with Crippen molar-refractivity contribution < 1.29 is 33.5 Å². The molecule has 0 saturated heterocycles. The van der Waals surface area contributed by atoms with Gasteiger partial charge in [-0.05, 0) is 36.8 Å². The number of ether oxygens (including phenoxy) is 2. The van der Waals surface area contributed by atoms with Gasteiger partial charge in [0.1, 0.15) is 0 Å². The fourth-order valence-corrected chi connectivity index (χ4v) is 3.36. The zero-order chi connectivity index (χ0) is 22.5. The fourth-order valence-electron chi connectivity index (χ4n) is 3.36. The van der Waals surface area contributed by atoms with Crippen LogP contribution in [0, 0.1) is 0 Å². The zero-order valence-electron chi connectivity index (χ0n) is 17.3. The third-order valence-electron chi connectivity index (χ3n) is 4.70. The Balaban J connectivity index is 2.01. The number of hydrogen-bond donors (Lipinski definition) is 1. The highest BCUT2D eigenvalue weighted by Crippen LogP contribution is 2.37. The number of rotatable bonds is 7. The molecule has 3 rings (SSSR count). The lowest BCUT2D eigenvalue weighted by Crippen LogP contribution is -2.38. The van der Waals surface area contributed by atoms with Crippen molar-refractivity contribution in [1.82, 2.24) is 10.4 Å². The number of carbonyl (C=O) groups excluding carboxylic acids is 4.